The fourth-order valence-electron chi connectivity index (χ4n) is 3.53. The Kier molecular flexibility index (Phi) is 5.91. The van der Waals surface area contributed by atoms with E-state index in [2.05, 4.69) is 22.3 Å². The summed E-state index contributed by atoms with van der Waals surface area (Å²) in [5, 5.41) is 2.98. The standard InChI is InChI=1S/C20H23ClFN3O/c1-13(20(26)24-19-8-7-16(22)9-18(19)21)25-11-15(10-23)17(12-25)14-5-3-2-4-6-14/h2-9,13,15,17H,10-12,23H2,1H3,(H,24,26)/t13?,15-,17+/m1/s1. The zero-order valence-corrected chi connectivity index (χ0v) is 15.4. The first-order chi connectivity index (χ1) is 12.5. The van der Waals surface area contributed by atoms with E-state index in [0.717, 1.165) is 13.1 Å². The van der Waals surface area contributed by atoms with Crippen LogP contribution in [-0.2, 0) is 4.79 Å². The largest absolute Gasteiger partial charge is 0.330 e. The highest BCUT2D eigenvalue weighted by Crippen LogP contribution is 2.33. The van der Waals surface area contributed by atoms with Crippen molar-refractivity contribution in [2.75, 3.05) is 25.0 Å². The lowest BCUT2D eigenvalue weighted by molar-refractivity contribution is -0.120. The lowest BCUT2D eigenvalue weighted by atomic mass is 9.89. The predicted molar refractivity (Wildman–Crippen MR) is 103 cm³/mol. The van der Waals surface area contributed by atoms with E-state index in [1.807, 2.05) is 25.1 Å². The van der Waals surface area contributed by atoms with E-state index in [0.29, 0.717) is 24.1 Å². The van der Waals surface area contributed by atoms with Gasteiger partial charge in [-0.1, -0.05) is 41.9 Å². The average Bonchev–Trinajstić information content (AvgIpc) is 3.08. The molecule has 4 nitrogen and oxygen atoms in total. The van der Waals surface area contributed by atoms with Gasteiger partial charge in [-0.05, 0) is 43.1 Å². The number of rotatable bonds is 5. The SMILES string of the molecule is CC(C(=O)Nc1ccc(F)cc1Cl)N1C[C@@H](CN)[C@H](c2ccccc2)C1. The Morgan fingerprint density at radius 1 is 1.31 bits per heavy atom. The topological polar surface area (TPSA) is 58.4 Å². The van der Waals surface area contributed by atoms with Crippen molar-refractivity contribution < 1.29 is 9.18 Å². The second-order valence-corrected chi connectivity index (χ2v) is 7.16. The Morgan fingerprint density at radius 2 is 2.04 bits per heavy atom. The van der Waals surface area contributed by atoms with Gasteiger partial charge in [0.05, 0.1) is 16.8 Å². The molecule has 138 valence electrons. The first-order valence-electron chi connectivity index (χ1n) is 8.74. The molecule has 6 heteroatoms. The molecule has 0 aliphatic carbocycles. The Balaban J connectivity index is 1.69. The van der Waals surface area contributed by atoms with Gasteiger partial charge in [0, 0.05) is 19.0 Å². The number of halogens is 2. The van der Waals surface area contributed by atoms with Gasteiger partial charge in [0.1, 0.15) is 5.82 Å². The molecule has 0 spiro atoms. The highest BCUT2D eigenvalue weighted by atomic mass is 35.5. The summed E-state index contributed by atoms with van der Waals surface area (Å²) in [6, 6.07) is 13.9. The molecular formula is C20H23ClFN3O. The summed E-state index contributed by atoms with van der Waals surface area (Å²) in [4.78, 5) is 14.8. The lowest BCUT2D eigenvalue weighted by Crippen LogP contribution is -2.41. The summed E-state index contributed by atoms with van der Waals surface area (Å²) in [5.41, 5.74) is 7.64. The van der Waals surface area contributed by atoms with E-state index in [9.17, 15) is 9.18 Å². The summed E-state index contributed by atoms with van der Waals surface area (Å²) in [6.07, 6.45) is 0. The maximum atomic E-state index is 13.2. The van der Waals surface area contributed by atoms with Gasteiger partial charge >= 0.3 is 0 Å². The Labute approximate surface area is 158 Å². The van der Waals surface area contributed by atoms with E-state index in [1.165, 1.54) is 23.8 Å². The highest BCUT2D eigenvalue weighted by Gasteiger charge is 2.36. The Morgan fingerprint density at radius 3 is 2.69 bits per heavy atom. The molecule has 1 aliphatic rings. The third-order valence-electron chi connectivity index (χ3n) is 5.12. The van der Waals surface area contributed by atoms with Crippen molar-refractivity contribution in [3.05, 3.63) is 64.9 Å². The summed E-state index contributed by atoms with van der Waals surface area (Å²) in [7, 11) is 0. The second-order valence-electron chi connectivity index (χ2n) is 6.76. The number of hydrogen-bond acceptors (Lipinski definition) is 3. The highest BCUT2D eigenvalue weighted by molar-refractivity contribution is 6.33. The number of amides is 1. The van der Waals surface area contributed by atoms with Crippen molar-refractivity contribution in [1.29, 1.82) is 0 Å². The summed E-state index contributed by atoms with van der Waals surface area (Å²) in [5.74, 6) is 0.0213. The minimum Gasteiger partial charge on any atom is -0.330 e. The molecule has 26 heavy (non-hydrogen) atoms. The summed E-state index contributed by atoms with van der Waals surface area (Å²) < 4.78 is 13.2. The van der Waals surface area contributed by atoms with Crippen molar-refractivity contribution in [2.24, 2.45) is 11.7 Å². The average molecular weight is 376 g/mol. The fraction of sp³-hybridized carbons (Fsp3) is 0.350. The van der Waals surface area contributed by atoms with Crippen LogP contribution in [0.3, 0.4) is 0 Å². The number of anilines is 1. The third-order valence-corrected chi connectivity index (χ3v) is 5.43. The van der Waals surface area contributed by atoms with E-state index in [4.69, 9.17) is 17.3 Å². The molecule has 0 saturated carbocycles. The normalized spacial score (nSPS) is 21.5. The van der Waals surface area contributed by atoms with Gasteiger partial charge in [-0.3, -0.25) is 9.69 Å². The molecular weight excluding hydrogens is 353 g/mol. The number of hydrogen-bond donors (Lipinski definition) is 2. The fourth-order valence-corrected chi connectivity index (χ4v) is 3.75. The molecule has 1 aliphatic heterocycles. The molecule has 3 rings (SSSR count). The van der Waals surface area contributed by atoms with Gasteiger partial charge in [0.25, 0.3) is 0 Å². The van der Waals surface area contributed by atoms with E-state index in [-0.39, 0.29) is 17.0 Å². The summed E-state index contributed by atoms with van der Waals surface area (Å²) >= 11 is 6.00. The molecule has 0 aromatic heterocycles. The van der Waals surface area contributed by atoms with Gasteiger partial charge in [-0.2, -0.15) is 0 Å². The maximum absolute atomic E-state index is 13.2. The first kappa shape index (κ1) is 18.8. The molecule has 1 fully saturated rings. The van der Waals surface area contributed by atoms with Gasteiger partial charge in [-0.25, -0.2) is 4.39 Å². The number of nitrogens with one attached hydrogen (secondary N) is 1. The second kappa shape index (κ2) is 8.16. The van der Waals surface area contributed by atoms with Crippen molar-refractivity contribution in [3.8, 4) is 0 Å². The smallest absolute Gasteiger partial charge is 0.241 e. The molecule has 3 N–H and O–H groups in total. The Hall–Kier alpha value is -1.95. The van der Waals surface area contributed by atoms with E-state index in [1.54, 1.807) is 0 Å². The maximum Gasteiger partial charge on any atom is 0.241 e. The van der Waals surface area contributed by atoms with Crippen molar-refractivity contribution >= 4 is 23.2 Å². The van der Waals surface area contributed by atoms with Crippen molar-refractivity contribution in [1.82, 2.24) is 4.90 Å². The molecule has 1 heterocycles. The first-order valence-corrected chi connectivity index (χ1v) is 9.12. The molecule has 2 aromatic carbocycles. The number of benzene rings is 2. The minimum absolute atomic E-state index is 0.164. The van der Waals surface area contributed by atoms with E-state index >= 15 is 0 Å². The molecule has 3 atom stereocenters. The van der Waals surface area contributed by atoms with Crippen molar-refractivity contribution in [3.63, 3.8) is 0 Å². The van der Waals surface area contributed by atoms with Gasteiger partial charge < -0.3 is 11.1 Å². The molecule has 1 unspecified atom stereocenters. The number of nitrogens with zero attached hydrogens (tertiary/aromatic N) is 1. The number of likely N-dealkylation sites (tertiary alicyclic amines) is 1. The third kappa shape index (κ3) is 4.06. The van der Waals surface area contributed by atoms with Crippen LogP contribution in [0.4, 0.5) is 10.1 Å². The van der Waals surface area contributed by atoms with Crippen LogP contribution >= 0.6 is 11.6 Å². The van der Waals surface area contributed by atoms with E-state index < -0.39 is 5.82 Å². The van der Waals surface area contributed by atoms with Crippen LogP contribution < -0.4 is 11.1 Å². The van der Waals surface area contributed by atoms with Crippen molar-refractivity contribution in [2.45, 2.75) is 18.9 Å². The molecule has 2 aromatic rings. The van der Waals surface area contributed by atoms with Crippen LogP contribution in [0.15, 0.2) is 48.5 Å². The van der Waals surface area contributed by atoms with Crippen LogP contribution in [0.1, 0.15) is 18.4 Å². The monoisotopic (exact) mass is 375 g/mol. The van der Waals surface area contributed by atoms with Crippen LogP contribution in [0.25, 0.3) is 0 Å². The van der Waals surface area contributed by atoms with Crippen LogP contribution in [0, 0.1) is 11.7 Å². The Bertz CT molecular complexity index is 771. The zero-order chi connectivity index (χ0) is 18.7. The van der Waals surface area contributed by atoms with Gasteiger partial charge in [-0.15, -0.1) is 0 Å². The lowest BCUT2D eigenvalue weighted by Gasteiger charge is -2.24. The molecule has 0 radical (unpaired) electrons. The minimum atomic E-state index is -0.433. The van der Waals surface area contributed by atoms with Crippen LogP contribution in [0.2, 0.25) is 5.02 Å². The zero-order valence-electron chi connectivity index (χ0n) is 14.7. The molecule has 1 amide bonds. The number of carbonyl (C=O) groups is 1. The molecule has 1 saturated heterocycles. The summed E-state index contributed by atoms with van der Waals surface area (Å²) in [6.45, 7) is 3.99. The number of nitrogens with two attached hydrogens (primary N) is 1. The van der Waals surface area contributed by atoms with Gasteiger partial charge in [0.2, 0.25) is 5.91 Å². The quantitative estimate of drug-likeness (QED) is 0.841. The van der Waals surface area contributed by atoms with Gasteiger partial charge in [0.15, 0.2) is 0 Å². The van der Waals surface area contributed by atoms with Crippen LogP contribution in [0.5, 0.6) is 0 Å². The molecule has 0 bridgehead atoms. The predicted octanol–water partition coefficient (Wildman–Crippen LogP) is 3.48. The van der Waals surface area contributed by atoms with Crippen LogP contribution in [-0.4, -0.2) is 36.5 Å². The number of carbonyl (C=O) groups excluding carboxylic acids is 1.